The molecule has 1 aromatic heterocycles. The second kappa shape index (κ2) is 7.33. The number of carbonyl (C=O) groups excluding carboxylic acids is 1. The third kappa shape index (κ3) is 3.89. The van der Waals surface area contributed by atoms with Crippen LogP contribution in [0.4, 0.5) is 5.13 Å². The Morgan fingerprint density at radius 1 is 1.12 bits per heavy atom. The molecule has 4 nitrogen and oxygen atoms in total. The standard InChI is InChI=1S/C20H23N3OS/c1-14-9-10-16(13-15(14)2)19(24)23(12-11-22(3)4)20-21-17-7-5-6-8-18(17)25-20/h5-10,13H,11-12H2,1-4H3/p+1. The summed E-state index contributed by atoms with van der Waals surface area (Å²) < 4.78 is 1.10. The van der Waals surface area contributed by atoms with Crippen molar-refractivity contribution >= 4 is 32.6 Å². The Morgan fingerprint density at radius 2 is 1.88 bits per heavy atom. The van der Waals surface area contributed by atoms with Gasteiger partial charge in [-0.1, -0.05) is 29.5 Å². The molecule has 0 radical (unpaired) electrons. The number of nitrogens with one attached hydrogen (secondary N) is 1. The summed E-state index contributed by atoms with van der Waals surface area (Å²) in [5.41, 5.74) is 3.99. The van der Waals surface area contributed by atoms with Crippen molar-refractivity contribution in [3.8, 4) is 0 Å². The van der Waals surface area contributed by atoms with Gasteiger partial charge >= 0.3 is 0 Å². The molecule has 130 valence electrons. The molecule has 0 spiro atoms. The fourth-order valence-electron chi connectivity index (χ4n) is 2.63. The summed E-state index contributed by atoms with van der Waals surface area (Å²) in [6, 6.07) is 13.9. The molecule has 0 aliphatic carbocycles. The number of anilines is 1. The number of quaternary nitrogens is 1. The molecule has 0 aliphatic heterocycles. The van der Waals surface area contributed by atoms with Crippen molar-refractivity contribution in [2.24, 2.45) is 0 Å². The van der Waals surface area contributed by atoms with Crippen LogP contribution < -0.4 is 9.80 Å². The normalized spacial score (nSPS) is 11.2. The van der Waals surface area contributed by atoms with Gasteiger partial charge in [0.1, 0.15) is 0 Å². The summed E-state index contributed by atoms with van der Waals surface area (Å²) in [4.78, 5) is 21.0. The molecule has 2 aromatic carbocycles. The molecule has 0 fully saturated rings. The lowest BCUT2D eigenvalue weighted by molar-refractivity contribution is -0.856. The van der Waals surface area contributed by atoms with E-state index >= 15 is 0 Å². The van der Waals surface area contributed by atoms with Crippen molar-refractivity contribution in [1.29, 1.82) is 0 Å². The maximum atomic E-state index is 13.2. The predicted octanol–water partition coefficient (Wildman–Crippen LogP) is 2.70. The number of benzene rings is 2. The molecule has 5 heteroatoms. The molecule has 0 atom stereocenters. The van der Waals surface area contributed by atoms with E-state index in [-0.39, 0.29) is 5.91 Å². The molecule has 0 unspecified atom stereocenters. The van der Waals surface area contributed by atoms with Crippen molar-refractivity contribution in [2.75, 3.05) is 32.1 Å². The van der Waals surface area contributed by atoms with Crippen LogP contribution in [0.3, 0.4) is 0 Å². The van der Waals surface area contributed by atoms with E-state index < -0.39 is 0 Å². The number of fused-ring (bicyclic) bond motifs is 1. The van der Waals surface area contributed by atoms with Crippen LogP contribution in [0.25, 0.3) is 10.2 Å². The second-order valence-electron chi connectivity index (χ2n) is 6.68. The van der Waals surface area contributed by atoms with Crippen LogP contribution in [-0.2, 0) is 0 Å². The molecular formula is C20H24N3OS+. The van der Waals surface area contributed by atoms with Gasteiger partial charge in [0, 0.05) is 5.56 Å². The van der Waals surface area contributed by atoms with Crippen molar-refractivity contribution in [1.82, 2.24) is 4.98 Å². The van der Waals surface area contributed by atoms with Gasteiger partial charge in [-0.2, -0.15) is 0 Å². The average Bonchev–Trinajstić information content (AvgIpc) is 3.00. The van der Waals surface area contributed by atoms with Crippen LogP contribution in [0.5, 0.6) is 0 Å². The number of rotatable bonds is 5. The average molecular weight is 354 g/mol. The number of amides is 1. The van der Waals surface area contributed by atoms with Crippen LogP contribution in [0.1, 0.15) is 21.5 Å². The van der Waals surface area contributed by atoms with Crippen LogP contribution in [0.15, 0.2) is 42.5 Å². The molecule has 1 N–H and O–H groups in total. The minimum atomic E-state index is 0.0170. The third-order valence-corrected chi connectivity index (χ3v) is 5.41. The van der Waals surface area contributed by atoms with Crippen molar-refractivity contribution < 1.29 is 9.69 Å². The summed E-state index contributed by atoms with van der Waals surface area (Å²) in [6.45, 7) is 5.61. The lowest BCUT2D eigenvalue weighted by Gasteiger charge is -2.21. The van der Waals surface area contributed by atoms with Crippen LogP contribution >= 0.6 is 11.3 Å². The van der Waals surface area contributed by atoms with E-state index in [0.29, 0.717) is 6.54 Å². The summed E-state index contributed by atoms with van der Waals surface area (Å²) in [5.74, 6) is 0.0170. The van der Waals surface area contributed by atoms with Gasteiger partial charge in [0.15, 0.2) is 5.13 Å². The fraction of sp³-hybridized carbons (Fsp3) is 0.300. The number of thiazole rings is 1. The molecule has 0 bridgehead atoms. The van der Waals surface area contributed by atoms with Gasteiger partial charge < -0.3 is 4.90 Å². The Bertz CT molecular complexity index is 868. The van der Waals surface area contributed by atoms with Crippen LogP contribution in [-0.4, -0.2) is 38.1 Å². The Balaban J connectivity index is 1.98. The quantitative estimate of drug-likeness (QED) is 0.765. The Morgan fingerprint density at radius 3 is 2.56 bits per heavy atom. The first kappa shape index (κ1) is 17.6. The summed E-state index contributed by atoms with van der Waals surface area (Å²) in [7, 11) is 4.19. The highest BCUT2D eigenvalue weighted by Crippen LogP contribution is 2.29. The maximum Gasteiger partial charge on any atom is 0.260 e. The van der Waals surface area contributed by atoms with Gasteiger partial charge in [0.2, 0.25) is 0 Å². The van der Waals surface area contributed by atoms with Gasteiger partial charge in [-0.25, -0.2) is 4.98 Å². The zero-order valence-electron chi connectivity index (χ0n) is 15.2. The first-order chi connectivity index (χ1) is 12.0. The molecule has 1 heterocycles. The Kier molecular flexibility index (Phi) is 5.16. The summed E-state index contributed by atoms with van der Waals surface area (Å²) in [6.07, 6.45) is 0. The van der Waals surface area contributed by atoms with Gasteiger partial charge in [-0.15, -0.1) is 0 Å². The zero-order chi connectivity index (χ0) is 18.0. The molecule has 25 heavy (non-hydrogen) atoms. The van der Waals surface area contributed by atoms with E-state index in [1.165, 1.54) is 10.5 Å². The van der Waals surface area contributed by atoms with Gasteiger partial charge in [-0.05, 0) is 49.2 Å². The SMILES string of the molecule is Cc1ccc(C(=O)N(CC[NH+](C)C)c2nc3ccccc3s2)cc1C. The molecule has 0 aliphatic rings. The van der Waals surface area contributed by atoms with Gasteiger partial charge in [-0.3, -0.25) is 9.69 Å². The van der Waals surface area contributed by atoms with Crippen molar-refractivity contribution in [3.05, 3.63) is 59.2 Å². The number of hydrogen-bond donors (Lipinski definition) is 1. The summed E-state index contributed by atoms with van der Waals surface area (Å²) in [5, 5.41) is 0.769. The maximum absolute atomic E-state index is 13.2. The molecule has 3 aromatic rings. The van der Waals surface area contributed by atoms with E-state index in [1.807, 2.05) is 54.3 Å². The molecule has 3 rings (SSSR count). The fourth-order valence-corrected chi connectivity index (χ4v) is 3.62. The topological polar surface area (TPSA) is 37.6 Å². The lowest BCUT2D eigenvalue weighted by Crippen LogP contribution is -3.06. The highest BCUT2D eigenvalue weighted by atomic mass is 32.1. The number of aryl methyl sites for hydroxylation is 2. The molecule has 1 amide bonds. The molecule has 0 saturated carbocycles. The van der Waals surface area contributed by atoms with E-state index in [4.69, 9.17) is 4.98 Å². The van der Waals surface area contributed by atoms with Crippen molar-refractivity contribution in [2.45, 2.75) is 13.8 Å². The lowest BCUT2D eigenvalue weighted by atomic mass is 10.1. The first-order valence-electron chi connectivity index (χ1n) is 8.49. The third-order valence-electron chi connectivity index (χ3n) is 4.35. The number of nitrogens with zero attached hydrogens (tertiary/aromatic N) is 2. The van der Waals surface area contributed by atoms with E-state index in [2.05, 4.69) is 21.0 Å². The minimum Gasteiger partial charge on any atom is -0.338 e. The summed E-state index contributed by atoms with van der Waals surface area (Å²) >= 11 is 1.57. The smallest absolute Gasteiger partial charge is 0.260 e. The number of aromatic nitrogens is 1. The Hall–Kier alpha value is -2.24. The number of hydrogen-bond acceptors (Lipinski definition) is 3. The zero-order valence-corrected chi connectivity index (χ0v) is 16.0. The van der Waals surface area contributed by atoms with Gasteiger partial charge in [0.05, 0.1) is 37.4 Å². The molecular weight excluding hydrogens is 330 g/mol. The number of para-hydroxylation sites is 1. The van der Waals surface area contributed by atoms with Crippen LogP contribution in [0, 0.1) is 13.8 Å². The number of likely N-dealkylation sites (N-methyl/N-ethyl adjacent to an activating group) is 1. The predicted molar refractivity (Wildman–Crippen MR) is 105 cm³/mol. The first-order valence-corrected chi connectivity index (χ1v) is 9.31. The van der Waals surface area contributed by atoms with Crippen molar-refractivity contribution in [3.63, 3.8) is 0 Å². The van der Waals surface area contributed by atoms with E-state index in [0.717, 1.165) is 33.0 Å². The van der Waals surface area contributed by atoms with Crippen LogP contribution in [0.2, 0.25) is 0 Å². The molecule has 0 saturated heterocycles. The second-order valence-corrected chi connectivity index (χ2v) is 7.69. The highest BCUT2D eigenvalue weighted by molar-refractivity contribution is 7.22. The minimum absolute atomic E-state index is 0.0170. The number of carbonyl (C=O) groups is 1. The van der Waals surface area contributed by atoms with Gasteiger partial charge in [0.25, 0.3) is 5.91 Å². The highest BCUT2D eigenvalue weighted by Gasteiger charge is 2.22. The van der Waals surface area contributed by atoms with E-state index in [1.54, 1.807) is 11.3 Å². The largest absolute Gasteiger partial charge is 0.338 e. The van der Waals surface area contributed by atoms with E-state index in [9.17, 15) is 4.79 Å². The monoisotopic (exact) mass is 354 g/mol. The Labute approximate surface area is 152 Å².